The summed E-state index contributed by atoms with van der Waals surface area (Å²) in [5.74, 6) is -1.17. The molecule has 1 unspecified atom stereocenters. The lowest BCUT2D eigenvalue weighted by Crippen LogP contribution is -2.38. The van der Waals surface area contributed by atoms with Crippen molar-refractivity contribution in [1.29, 1.82) is 0 Å². The van der Waals surface area contributed by atoms with E-state index in [1.54, 1.807) is 25.4 Å². The van der Waals surface area contributed by atoms with Crippen LogP contribution in [0.3, 0.4) is 0 Å². The molecule has 0 bridgehead atoms. The fraction of sp³-hybridized carbons (Fsp3) is 0.385. The molecule has 4 nitrogen and oxygen atoms in total. The van der Waals surface area contributed by atoms with E-state index in [9.17, 15) is 8.78 Å². The number of likely N-dealkylation sites (tertiary alicyclic amines) is 1. The summed E-state index contributed by atoms with van der Waals surface area (Å²) in [4.78, 5) is 11.7. The molecule has 1 aliphatic rings. The summed E-state index contributed by atoms with van der Waals surface area (Å²) in [5.41, 5.74) is 4.00. The Morgan fingerprint density at radius 1 is 1.15 bits per heavy atom. The van der Waals surface area contributed by atoms with Crippen LogP contribution < -0.4 is 0 Å². The van der Waals surface area contributed by atoms with Gasteiger partial charge in [0.05, 0.1) is 23.5 Å². The van der Waals surface area contributed by atoms with Gasteiger partial charge in [-0.15, -0.1) is 11.3 Å². The molecule has 2 heterocycles. The molecular formula is C26H29F2N3OS. The van der Waals surface area contributed by atoms with E-state index in [4.69, 9.17) is 14.7 Å². The van der Waals surface area contributed by atoms with E-state index < -0.39 is 17.6 Å². The number of aryl methyl sites for hydroxylation is 2. The molecule has 33 heavy (non-hydrogen) atoms. The molecule has 3 aromatic rings. The Morgan fingerprint density at radius 3 is 2.52 bits per heavy atom. The standard InChI is InChI=1S/C26H29F2N3OS/c1-16-8-9-17(2)22(14-16)30-26(32-4)31-12-10-19(11-13-31)25-29-23(15-33-25)18(3)24-20(27)6-5-7-21(24)28/h5-9,14-15,18-19H,10-13H2,1-4H3. The van der Waals surface area contributed by atoms with Crippen molar-refractivity contribution in [2.75, 3.05) is 20.2 Å². The summed E-state index contributed by atoms with van der Waals surface area (Å²) < 4.78 is 34.0. The van der Waals surface area contributed by atoms with Crippen LogP contribution in [0.15, 0.2) is 46.8 Å². The zero-order chi connectivity index (χ0) is 23.5. The van der Waals surface area contributed by atoms with Gasteiger partial charge in [-0.3, -0.25) is 0 Å². The van der Waals surface area contributed by atoms with Crippen LogP contribution >= 0.6 is 11.3 Å². The maximum Gasteiger partial charge on any atom is 0.292 e. The highest BCUT2D eigenvalue weighted by atomic mass is 32.1. The van der Waals surface area contributed by atoms with Crippen LogP contribution in [0.2, 0.25) is 0 Å². The smallest absolute Gasteiger partial charge is 0.292 e. The minimum atomic E-state index is -0.527. The highest BCUT2D eigenvalue weighted by Crippen LogP contribution is 2.35. The van der Waals surface area contributed by atoms with Crippen molar-refractivity contribution in [2.24, 2.45) is 4.99 Å². The number of methoxy groups -OCH3 is 1. The molecular weight excluding hydrogens is 440 g/mol. The Labute approximate surface area is 198 Å². The van der Waals surface area contributed by atoms with Gasteiger partial charge in [-0.1, -0.05) is 25.1 Å². The summed E-state index contributed by atoms with van der Waals surface area (Å²) in [6.07, 6.45) is 1.84. The Kier molecular flexibility index (Phi) is 7.08. The number of rotatable bonds is 4. The number of amidine groups is 1. The van der Waals surface area contributed by atoms with Crippen LogP contribution in [0.25, 0.3) is 0 Å². The molecule has 7 heteroatoms. The molecule has 174 valence electrons. The molecule has 0 radical (unpaired) electrons. The molecule has 4 rings (SSSR count). The van der Waals surface area contributed by atoms with Crippen molar-refractivity contribution in [3.05, 3.63) is 80.8 Å². The molecule has 2 aromatic carbocycles. The number of hydrogen-bond acceptors (Lipinski definition) is 4. The van der Waals surface area contributed by atoms with Crippen LogP contribution in [0.5, 0.6) is 0 Å². The molecule has 0 saturated carbocycles. The van der Waals surface area contributed by atoms with Gasteiger partial charge < -0.3 is 9.64 Å². The number of ether oxygens (including phenoxy) is 1. The first kappa shape index (κ1) is 23.4. The van der Waals surface area contributed by atoms with E-state index in [1.165, 1.54) is 18.2 Å². The van der Waals surface area contributed by atoms with E-state index in [0.717, 1.165) is 53.4 Å². The Bertz CT molecular complexity index is 1130. The molecule has 0 N–H and O–H groups in total. The fourth-order valence-corrected chi connectivity index (χ4v) is 5.35. The Morgan fingerprint density at radius 2 is 1.85 bits per heavy atom. The predicted octanol–water partition coefficient (Wildman–Crippen LogP) is 6.70. The van der Waals surface area contributed by atoms with Gasteiger partial charge in [-0.2, -0.15) is 4.99 Å². The number of aromatic nitrogens is 1. The van der Waals surface area contributed by atoms with Crippen molar-refractivity contribution in [2.45, 2.75) is 45.4 Å². The maximum atomic E-state index is 14.2. The van der Waals surface area contributed by atoms with Crippen molar-refractivity contribution in [3.8, 4) is 0 Å². The summed E-state index contributed by atoms with van der Waals surface area (Å²) >= 11 is 1.58. The summed E-state index contributed by atoms with van der Waals surface area (Å²) in [5, 5.41) is 2.96. The second-order valence-electron chi connectivity index (χ2n) is 8.62. The van der Waals surface area contributed by atoms with Gasteiger partial charge in [0.25, 0.3) is 6.02 Å². The lowest BCUT2D eigenvalue weighted by atomic mass is 9.96. The van der Waals surface area contributed by atoms with Gasteiger partial charge in [-0.25, -0.2) is 13.8 Å². The van der Waals surface area contributed by atoms with Crippen LogP contribution in [0.1, 0.15) is 59.0 Å². The monoisotopic (exact) mass is 469 g/mol. The molecule has 1 saturated heterocycles. The quantitative estimate of drug-likeness (QED) is 0.315. The molecule has 0 spiro atoms. The zero-order valence-electron chi connectivity index (χ0n) is 19.4. The molecule has 1 aromatic heterocycles. The summed E-state index contributed by atoms with van der Waals surface area (Å²) in [7, 11) is 1.66. The van der Waals surface area contributed by atoms with E-state index in [0.29, 0.717) is 11.9 Å². The lowest BCUT2D eigenvalue weighted by Gasteiger charge is -2.32. The van der Waals surface area contributed by atoms with Crippen molar-refractivity contribution in [1.82, 2.24) is 9.88 Å². The van der Waals surface area contributed by atoms with E-state index in [1.807, 2.05) is 12.3 Å². The zero-order valence-corrected chi connectivity index (χ0v) is 20.3. The average Bonchev–Trinajstić information content (AvgIpc) is 3.30. The average molecular weight is 470 g/mol. The first-order valence-electron chi connectivity index (χ1n) is 11.2. The van der Waals surface area contributed by atoms with Crippen molar-refractivity contribution >= 4 is 23.0 Å². The highest BCUT2D eigenvalue weighted by molar-refractivity contribution is 7.09. The number of thiazole rings is 1. The third kappa shape index (κ3) is 5.08. The second-order valence-corrected chi connectivity index (χ2v) is 9.51. The SMILES string of the molecule is COC(=Nc1cc(C)ccc1C)N1CCC(c2nc(C(C)c3c(F)cccc3F)cs2)CC1. The van der Waals surface area contributed by atoms with E-state index in [2.05, 4.69) is 30.0 Å². The molecule has 1 aliphatic heterocycles. The maximum absolute atomic E-state index is 14.2. The third-order valence-corrected chi connectivity index (χ3v) is 7.32. The number of aliphatic imine (C=N–C) groups is 1. The van der Waals surface area contributed by atoms with Crippen molar-refractivity contribution in [3.63, 3.8) is 0 Å². The normalized spacial score (nSPS) is 16.2. The predicted molar refractivity (Wildman–Crippen MR) is 130 cm³/mol. The van der Waals surface area contributed by atoms with E-state index >= 15 is 0 Å². The molecule has 1 fully saturated rings. The number of nitrogens with zero attached hydrogens (tertiary/aromatic N) is 3. The fourth-order valence-electron chi connectivity index (χ4n) is 4.27. The Balaban J connectivity index is 1.44. The lowest BCUT2D eigenvalue weighted by molar-refractivity contribution is 0.239. The summed E-state index contributed by atoms with van der Waals surface area (Å²) in [6.45, 7) is 7.53. The van der Waals surface area contributed by atoms with Gasteiger partial charge in [0.2, 0.25) is 0 Å². The second kappa shape index (κ2) is 10.00. The first-order chi connectivity index (χ1) is 15.9. The van der Waals surface area contributed by atoms with Gasteiger partial charge in [0.15, 0.2) is 0 Å². The van der Waals surface area contributed by atoms with Crippen LogP contribution in [-0.4, -0.2) is 36.1 Å². The number of halogens is 2. The van der Waals surface area contributed by atoms with Crippen LogP contribution in [0.4, 0.5) is 14.5 Å². The van der Waals surface area contributed by atoms with Gasteiger partial charge in [0.1, 0.15) is 11.6 Å². The van der Waals surface area contributed by atoms with Crippen LogP contribution in [-0.2, 0) is 4.74 Å². The highest BCUT2D eigenvalue weighted by Gasteiger charge is 2.27. The molecule has 1 atom stereocenters. The van der Waals surface area contributed by atoms with Gasteiger partial charge in [0, 0.05) is 35.9 Å². The van der Waals surface area contributed by atoms with Gasteiger partial charge >= 0.3 is 0 Å². The van der Waals surface area contributed by atoms with E-state index in [-0.39, 0.29) is 5.56 Å². The minimum absolute atomic E-state index is 0.0801. The third-order valence-electron chi connectivity index (χ3n) is 6.29. The molecule has 0 amide bonds. The molecule has 0 aliphatic carbocycles. The van der Waals surface area contributed by atoms with Crippen molar-refractivity contribution < 1.29 is 13.5 Å². The van der Waals surface area contributed by atoms with Gasteiger partial charge in [-0.05, 0) is 56.0 Å². The summed E-state index contributed by atoms with van der Waals surface area (Å²) in [6, 6.07) is 10.8. The number of benzene rings is 2. The Hall–Kier alpha value is -2.80. The first-order valence-corrected chi connectivity index (χ1v) is 12.1. The van der Waals surface area contributed by atoms with Crippen LogP contribution in [0, 0.1) is 25.5 Å². The number of hydrogen-bond donors (Lipinski definition) is 0. The number of piperidine rings is 1. The minimum Gasteiger partial charge on any atom is -0.468 e. The largest absolute Gasteiger partial charge is 0.468 e. The topological polar surface area (TPSA) is 37.7 Å².